The zero-order valence-corrected chi connectivity index (χ0v) is 18.1. The summed E-state index contributed by atoms with van der Waals surface area (Å²) in [4.78, 5) is 8.75. The zero-order chi connectivity index (χ0) is 22.4. The van der Waals surface area contributed by atoms with Crippen LogP contribution in [0.15, 0.2) is 24.4 Å². The lowest BCUT2D eigenvalue weighted by Gasteiger charge is -2.40. The number of rotatable bonds is 7. The van der Waals surface area contributed by atoms with Gasteiger partial charge in [-0.2, -0.15) is 15.5 Å². The summed E-state index contributed by atoms with van der Waals surface area (Å²) in [7, 11) is 1.55. The van der Waals surface area contributed by atoms with E-state index < -0.39 is 0 Å². The minimum atomic E-state index is -0.315. The predicted molar refractivity (Wildman–Crippen MR) is 118 cm³/mol. The summed E-state index contributed by atoms with van der Waals surface area (Å²) in [5.74, 6) is 1.51. The summed E-state index contributed by atoms with van der Waals surface area (Å²) in [5, 5.41) is 35.3. The molecule has 8 heteroatoms. The maximum Gasteiger partial charge on any atom is 0.224 e. The number of ether oxygens (including phenoxy) is 1. The van der Waals surface area contributed by atoms with Crippen molar-refractivity contribution in [1.29, 1.82) is 10.5 Å². The maximum absolute atomic E-state index is 10.2. The molecule has 162 valence electrons. The molecule has 8 nitrogen and oxygen atoms in total. The van der Waals surface area contributed by atoms with Crippen LogP contribution in [-0.4, -0.2) is 40.9 Å². The van der Waals surface area contributed by atoms with Crippen molar-refractivity contribution in [3.63, 3.8) is 0 Å². The second-order valence-corrected chi connectivity index (χ2v) is 8.52. The predicted octanol–water partition coefficient (Wildman–Crippen LogP) is 3.23. The first-order chi connectivity index (χ1) is 14.9. The van der Waals surface area contributed by atoms with Crippen molar-refractivity contribution in [3.8, 4) is 17.9 Å². The topological polar surface area (TPSA) is 127 Å². The van der Waals surface area contributed by atoms with Crippen LogP contribution in [0.4, 0.5) is 11.8 Å². The standard InChI is InChI=1S/C23H28N6O2/c1-23(2)11-18(6-7-20(23)30)28-21-17(13-25)14-27-22(29-21)26-9-8-15-4-5-16(12-24)19(10-15)31-3/h4-5,10,14,18,20,30H,6-9,11H2,1-3H3,(H2,26,27,28,29)/t18-,20+/m1/s1. The van der Waals surface area contributed by atoms with Crippen LogP contribution in [0, 0.1) is 28.1 Å². The number of aliphatic hydroxyl groups excluding tert-OH is 1. The highest BCUT2D eigenvalue weighted by atomic mass is 16.5. The van der Waals surface area contributed by atoms with Gasteiger partial charge in [0.2, 0.25) is 5.95 Å². The number of aliphatic hydroxyl groups is 1. The molecule has 2 aromatic rings. The summed E-state index contributed by atoms with van der Waals surface area (Å²) in [6, 6.07) is 9.88. The Hall–Kier alpha value is -3.36. The van der Waals surface area contributed by atoms with E-state index >= 15 is 0 Å². The van der Waals surface area contributed by atoms with E-state index in [-0.39, 0.29) is 17.6 Å². The molecular formula is C23H28N6O2. The normalized spacial score (nSPS) is 19.7. The fourth-order valence-electron chi connectivity index (χ4n) is 3.90. The molecule has 0 aliphatic heterocycles. The molecule has 0 bridgehead atoms. The summed E-state index contributed by atoms with van der Waals surface area (Å²) in [5.41, 5.74) is 1.74. The maximum atomic E-state index is 10.2. The molecule has 3 N–H and O–H groups in total. The van der Waals surface area contributed by atoms with Crippen LogP contribution >= 0.6 is 0 Å². The van der Waals surface area contributed by atoms with Crippen LogP contribution in [-0.2, 0) is 6.42 Å². The number of anilines is 2. The monoisotopic (exact) mass is 420 g/mol. The van der Waals surface area contributed by atoms with Gasteiger partial charge in [0.15, 0.2) is 0 Å². The van der Waals surface area contributed by atoms with E-state index in [0.717, 1.165) is 24.8 Å². The van der Waals surface area contributed by atoms with Crippen LogP contribution in [0.1, 0.15) is 49.8 Å². The average molecular weight is 421 g/mol. The largest absolute Gasteiger partial charge is 0.495 e. The molecule has 1 heterocycles. The number of aromatic nitrogens is 2. The number of hydrogen-bond donors (Lipinski definition) is 3. The minimum Gasteiger partial charge on any atom is -0.495 e. The first-order valence-electron chi connectivity index (χ1n) is 10.4. The van der Waals surface area contributed by atoms with Gasteiger partial charge in [-0.05, 0) is 48.8 Å². The van der Waals surface area contributed by atoms with Crippen LogP contribution in [0.3, 0.4) is 0 Å². The molecule has 0 unspecified atom stereocenters. The van der Waals surface area contributed by atoms with E-state index in [1.807, 2.05) is 12.1 Å². The molecule has 1 fully saturated rings. The van der Waals surface area contributed by atoms with E-state index in [0.29, 0.717) is 41.6 Å². The SMILES string of the molecule is COc1cc(CCNc2ncc(C#N)c(N[C@@H]3CC[C@H](O)C(C)(C)C3)n2)ccc1C#N. The highest BCUT2D eigenvalue weighted by molar-refractivity contribution is 5.54. The Kier molecular flexibility index (Phi) is 6.94. The minimum absolute atomic E-state index is 0.138. The van der Waals surface area contributed by atoms with Crippen molar-refractivity contribution in [2.75, 3.05) is 24.3 Å². The van der Waals surface area contributed by atoms with Crippen LogP contribution < -0.4 is 15.4 Å². The van der Waals surface area contributed by atoms with Gasteiger partial charge in [-0.25, -0.2) is 4.98 Å². The van der Waals surface area contributed by atoms with Gasteiger partial charge in [0.1, 0.15) is 29.3 Å². The van der Waals surface area contributed by atoms with Gasteiger partial charge in [0.25, 0.3) is 0 Å². The highest BCUT2D eigenvalue weighted by Crippen LogP contribution is 2.37. The van der Waals surface area contributed by atoms with Gasteiger partial charge in [0, 0.05) is 12.6 Å². The van der Waals surface area contributed by atoms with E-state index in [2.05, 4.69) is 46.6 Å². The van der Waals surface area contributed by atoms with Gasteiger partial charge < -0.3 is 20.5 Å². The number of nitriles is 2. The van der Waals surface area contributed by atoms with Gasteiger partial charge in [-0.15, -0.1) is 0 Å². The molecule has 1 saturated carbocycles. The molecule has 0 saturated heterocycles. The van der Waals surface area contributed by atoms with Crippen LogP contribution in [0.2, 0.25) is 0 Å². The fraction of sp³-hybridized carbons (Fsp3) is 0.478. The molecule has 0 amide bonds. The van der Waals surface area contributed by atoms with Crippen molar-refractivity contribution in [2.45, 2.75) is 51.7 Å². The number of benzene rings is 1. The third-order valence-corrected chi connectivity index (χ3v) is 5.80. The van der Waals surface area contributed by atoms with E-state index in [1.54, 1.807) is 13.2 Å². The summed E-state index contributed by atoms with van der Waals surface area (Å²) >= 11 is 0. The van der Waals surface area contributed by atoms with Crippen molar-refractivity contribution in [3.05, 3.63) is 41.1 Å². The van der Waals surface area contributed by atoms with Gasteiger partial charge in [-0.1, -0.05) is 19.9 Å². The Morgan fingerprint density at radius 2 is 2.00 bits per heavy atom. The number of methoxy groups -OCH3 is 1. The summed E-state index contributed by atoms with van der Waals surface area (Å²) in [6.07, 6.45) is 4.24. The quantitative estimate of drug-likeness (QED) is 0.623. The van der Waals surface area contributed by atoms with E-state index in [4.69, 9.17) is 10.00 Å². The Morgan fingerprint density at radius 1 is 1.23 bits per heavy atom. The lowest BCUT2D eigenvalue weighted by Crippen LogP contribution is -2.41. The molecule has 2 atom stereocenters. The first kappa shape index (κ1) is 22.3. The first-order valence-corrected chi connectivity index (χ1v) is 10.4. The fourth-order valence-corrected chi connectivity index (χ4v) is 3.90. The Balaban J connectivity index is 1.64. The van der Waals surface area contributed by atoms with Crippen molar-refractivity contribution in [1.82, 2.24) is 9.97 Å². The number of nitrogens with zero attached hydrogens (tertiary/aromatic N) is 4. The Morgan fingerprint density at radius 3 is 2.68 bits per heavy atom. The summed E-state index contributed by atoms with van der Waals surface area (Å²) in [6.45, 7) is 4.70. The van der Waals surface area contributed by atoms with Crippen LogP contribution in [0.25, 0.3) is 0 Å². The molecular weight excluding hydrogens is 392 g/mol. The Bertz CT molecular complexity index is 1010. The molecule has 31 heavy (non-hydrogen) atoms. The highest BCUT2D eigenvalue weighted by Gasteiger charge is 2.35. The molecule has 3 rings (SSSR count). The Labute approximate surface area is 182 Å². The summed E-state index contributed by atoms with van der Waals surface area (Å²) < 4.78 is 5.25. The van der Waals surface area contributed by atoms with Crippen molar-refractivity contribution >= 4 is 11.8 Å². The molecule has 1 aliphatic rings. The molecule has 1 aliphatic carbocycles. The van der Waals surface area contributed by atoms with Crippen molar-refractivity contribution < 1.29 is 9.84 Å². The zero-order valence-electron chi connectivity index (χ0n) is 18.1. The second-order valence-electron chi connectivity index (χ2n) is 8.52. The number of nitrogens with one attached hydrogen (secondary N) is 2. The molecule has 1 aromatic carbocycles. The smallest absolute Gasteiger partial charge is 0.224 e. The van der Waals surface area contributed by atoms with E-state index in [1.165, 1.54) is 6.20 Å². The third-order valence-electron chi connectivity index (χ3n) is 5.80. The van der Waals surface area contributed by atoms with Gasteiger partial charge >= 0.3 is 0 Å². The third kappa shape index (κ3) is 5.42. The molecule has 0 spiro atoms. The van der Waals surface area contributed by atoms with Crippen LogP contribution in [0.5, 0.6) is 5.75 Å². The lowest BCUT2D eigenvalue weighted by molar-refractivity contribution is 0.00926. The van der Waals surface area contributed by atoms with Gasteiger partial charge in [-0.3, -0.25) is 0 Å². The van der Waals surface area contributed by atoms with E-state index in [9.17, 15) is 10.4 Å². The number of hydrogen-bond acceptors (Lipinski definition) is 8. The second kappa shape index (κ2) is 9.63. The molecule has 0 radical (unpaired) electrons. The molecule has 1 aromatic heterocycles. The van der Waals surface area contributed by atoms with Gasteiger partial charge in [0.05, 0.1) is 25.0 Å². The lowest BCUT2D eigenvalue weighted by atomic mass is 9.73. The average Bonchev–Trinajstić information content (AvgIpc) is 2.76. The van der Waals surface area contributed by atoms with Crippen molar-refractivity contribution in [2.24, 2.45) is 5.41 Å².